The van der Waals surface area contributed by atoms with Crippen molar-refractivity contribution in [2.75, 3.05) is 13.6 Å². The first-order chi connectivity index (χ1) is 9.45. The lowest BCUT2D eigenvalue weighted by Crippen LogP contribution is -2.47. The molecule has 2 N–H and O–H groups in total. The maximum absolute atomic E-state index is 12.0. The third kappa shape index (κ3) is 3.53. The summed E-state index contributed by atoms with van der Waals surface area (Å²) in [6.07, 6.45) is 3.14. The lowest BCUT2D eigenvalue weighted by atomic mass is 9.99. The Bertz CT molecular complexity index is 501. The van der Waals surface area contributed by atoms with E-state index in [9.17, 15) is 9.59 Å². The molecular weight excluding hydrogens is 262 g/mol. The number of carbonyl (C=O) groups is 2. The van der Waals surface area contributed by atoms with E-state index in [0.717, 1.165) is 24.1 Å². The minimum absolute atomic E-state index is 0.123. The minimum Gasteiger partial charge on any atom is -0.480 e. The number of carboxylic acids is 1. The third-order valence-corrected chi connectivity index (χ3v) is 3.61. The van der Waals surface area contributed by atoms with Gasteiger partial charge in [-0.05, 0) is 26.8 Å². The molecule has 110 valence electrons. The van der Waals surface area contributed by atoms with Crippen LogP contribution in [0.4, 0.5) is 0 Å². The molecule has 8 heteroatoms. The smallest absolute Gasteiger partial charge is 0.325 e. The number of carboxylic acid groups (broad SMARTS) is 1. The number of aromatic nitrogens is 3. The van der Waals surface area contributed by atoms with E-state index in [1.807, 2.05) is 0 Å². The van der Waals surface area contributed by atoms with Crippen molar-refractivity contribution >= 4 is 11.9 Å². The lowest BCUT2D eigenvalue weighted by molar-refractivity contribution is -0.137. The number of hydrogen-bond donors (Lipinski definition) is 2. The fourth-order valence-electron chi connectivity index (χ4n) is 2.30. The number of hydrogen-bond acceptors (Lipinski definition) is 5. The third-order valence-electron chi connectivity index (χ3n) is 3.61. The molecule has 8 nitrogen and oxygen atoms in total. The second-order valence-corrected chi connectivity index (χ2v) is 5.22. The van der Waals surface area contributed by atoms with Crippen LogP contribution in [0.15, 0.2) is 6.20 Å². The van der Waals surface area contributed by atoms with Crippen molar-refractivity contribution in [1.82, 2.24) is 25.2 Å². The van der Waals surface area contributed by atoms with Gasteiger partial charge in [-0.25, -0.2) is 4.68 Å². The van der Waals surface area contributed by atoms with E-state index in [1.54, 1.807) is 0 Å². The van der Waals surface area contributed by atoms with Crippen LogP contribution < -0.4 is 5.32 Å². The van der Waals surface area contributed by atoms with Crippen LogP contribution >= 0.6 is 0 Å². The van der Waals surface area contributed by atoms with E-state index in [4.69, 9.17) is 5.11 Å². The molecule has 0 bridgehead atoms. The predicted molar refractivity (Wildman–Crippen MR) is 70.2 cm³/mol. The molecule has 0 radical (unpaired) electrons. The number of likely N-dealkylation sites (tertiary alicyclic amines) is 1. The van der Waals surface area contributed by atoms with E-state index in [0.29, 0.717) is 6.04 Å². The Kier molecular flexibility index (Phi) is 4.33. The number of piperidine rings is 1. The monoisotopic (exact) mass is 281 g/mol. The first-order valence-electron chi connectivity index (χ1n) is 6.58. The van der Waals surface area contributed by atoms with Crippen LogP contribution in [0.25, 0.3) is 0 Å². The van der Waals surface area contributed by atoms with Crippen molar-refractivity contribution < 1.29 is 14.7 Å². The van der Waals surface area contributed by atoms with Gasteiger partial charge < -0.3 is 15.3 Å². The van der Waals surface area contributed by atoms with Crippen LogP contribution in [-0.2, 0) is 11.3 Å². The topological polar surface area (TPSA) is 100 Å². The quantitative estimate of drug-likeness (QED) is 0.777. The molecule has 20 heavy (non-hydrogen) atoms. The van der Waals surface area contributed by atoms with Gasteiger partial charge in [0.1, 0.15) is 6.54 Å². The highest BCUT2D eigenvalue weighted by Crippen LogP contribution is 2.15. The van der Waals surface area contributed by atoms with Gasteiger partial charge in [-0.3, -0.25) is 9.59 Å². The van der Waals surface area contributed by atoms with Crippen molar-refractivity contribution in [3.63, 3.8) is 0 Å². The average Bonchev–Trinajstić information content (AvgIpc) is 2.81. The lowest BCUT2D eigenvalue weighted by Gasteiger charge is -2.35. The van der Waals surface area contributed by atoms with Crippen LogP contribution in [0, 0.1) is 0 Å². The van der Waals surface area contributed by atoms with Gasteiger partial charge in [-0.15, -0.1) is 5.10 Å². The molecule has 0 saturated carbocycles. The van der Waals surface area contributed by atoms with Gasteiger partial charge in [0.25, 0.3) is 5.91 Å². The maximum atomic E-state index is 12.0. The summed E-state index contributed by atoms with van der Waals surface area (Å²) in [6.45, 7) is 2.77. The average molecular weight is 281 g/mol. The Labute approximate surface area is 116 Å². The summed E-state index contributed by atoms with van der Waals surface area (Å²) in [5, 5.41) is 18.9. The molecule has 1 fully saturated rings. The first kappa shape index (κ1) is 14.4. The second kappa shape index (κ2) is 6.00. The van der Waals surface area contributed by atoms with Crippen LogP contribution in [0.2, 0.25) is 0 Å². The summed E-state index contributed by atoms with van der Waals surface area (Å²) in [5.74, 6) is -1.32. The summed E-state index contributed by atoms with van der Waals surface area (Å²) >= 11 is 0. The number of nitrogens with zero attached hydrogens (tertiary/aromatic N) is 4. The summed E-state index contributed by atoms with van der Waals surface area (Å²) in [6, 6.07) is 0.551. The largest absolute Gasteiger partial charge is 0.480 e. The maximum Gasteiger partial charge on any atom is 0.325 e. The van der Waals surface area contributed by atoms with E-state index < -0.39 is 5.97 Å². The van der Waals surface area contributed by atoms with Crippen molar-refractivity contribution in [3.05, 3.63) is 11.9 Å². The number of amides is 1. The Hall–Kier alpha value is -1.96. The van der Waals surface area contributed by atoms with Gasteiger partial charge in [-0.2, -0.15) is 0 Å². The Balaban J connectivity index is 1.91. The van der Waals surface area contributed by atoms with Crippen LogP contribution in [0.3, 0.4) is 0 Å². The molecule has 1 amide bonds. The zero-order valence-corrected chi connectivity index (χ0v) is 11.6. The molecule has 2 unspecified atom stereocenters. The molecule has 2 rings (SSSR count). The molecule has 1 aliphatic heterocycles. The summed E-state index contributed by atoms with van der Waals surface area (Å²) in [5.41, 5.74) is 0.151. The minimum atomic E-state index is -1.02. The van der Waals surface area contributed by atoms with Crippen LogP contribution in [0.1, 0.15) is 30.3 Å². The van der Waals surface area contributed by atoms with Gasteiger partial charge in [0.05, 0.1) is 6.20 Å². The normalized spacial score (nSPS) is 23.5. The Morgan fingerprint density at radius 1 is 1.55 bits per heavy atom. The molecule has 2 atom stereocenters. The van der Waals surface area contributed by atoms with Crippen LogP contribution in [0.5, 0.6) is 0 Å². The van der Waals surface area contributed by atoms with Crippen LogP contribution in [-0.4, -0.2) is 62.6 Å². The van der Waals surface area contributed by atoms with Gasteiger partial charge in [0, 0.05) is 18.6 Å². The number of carbonyl (C=O) groups excluding carboxylic acids is 1. The SMILES string of the molecule is CC1CC(NC(=O)c2cn(CC(=O)O)nn2)CCN1C. The molecular formula is C12H19N5O3. The Morgan fingerprint density at radius 3 is 2.95 bits per heavy atom. The molecule has 0 spiro atoms. The Morgan fingerprint density at radius 2 is 2.30 bits per heavy atom. The molecule has 2 heterocycles. The van der Waals surface area contributed by atoms with E-state index >= 15 is 0 Å². The highest BCUT2D eigenvalue weighted by Gasteiger charge is 2.25. The second-order valence-electron chi connectivity index (χ2n) is 5.22. The molecule has 1 aromatic heterocycles. The molecule has 0 aromatic carbocycles. The fraction of sp³-hybridized carbons (Fsp3) is 0.667. The van der Waals surface area contributed by atoms with Crippen molar-refractivity contribution in [2.24, 2.45) is 0 Å². The van der Waals surface area contributed by atoms with Crippen molar-refractivity contribution in [1.29, 1.82) is 0 Å². The summed E-state index contributed by atoms with van der Waals surface area (Å²) in [7, 11) is 2.07. The standard InChI is InChI=1S/C12H19N5O3/c1-8-5-9(3-4-16(8)2)13-12(20)10-6-17(15-14-10)7-11(18)19/h6,8-9H,3-5,7H2,1-2H3,(H,13,20)(H,18,19). The number of aliphatic carboxylic acids is 1. The molecule has 0 aliphatic carbocycles. The van der Waals surface area contributed by atoms with Crippen molar-refractivity contribution in [2.45, 2.75) is 38.4 Å². The number of rotatable bonds is 4. The molecule has 1 aromatic rings. The van der Waals surface area contributed by atoms with Gasteiger partial charge in [0.2, 0.25) is 0 Å². The van der Waals surface area contributed by atoms with E-state index in [1.165, 1.54) is 6.20 Å². The highest BCUT2D eigenvalue weighted by molar-refractivity contribution is 5.92. The van der Waals surface area contributed by atoms with E-state index in [-0.39, 0.29) is 24.2 Å². The molecule has 1 aliphatic rings. The first-order valence-corrected chi connectivity index (χ1v) is 6.58. The van der Waals surface area contributed by atoms with Gasteiger partial charge in [0.15, 0.2) is 5.69 Å². The highest BCUT2D eigenvalue weighted by atomic mass is 16.4. The van der Waals surface area contributed by atoms with Gasteiger partial charge in [-0.1, -0.05) is 5.21 Å². The van der Waals surface area contributed by atoms with E-state index in [2.05, 4.69) is 34.5 Å². The van der Waals surface area contributed by atoms with Crippen molar-refractivity contribution in [3.8, 4) is 0 Å². The summed E-state index contributed by atoms with van der Waals surface area (Å²) < 4.78 is 1.13. The zero-order valence-electron chi connectivity index (χ0n) is 11.6. The predicted octanol–water partition coefficient (Wildman–Crippen LogP) is -0.425. The fourth-order valence-corrected chi connectivity index (χ4v) is 2.30. The van der Waals surface area contributed by atoms with Gasteiger partial charge >= 0.3 is 5.97 Å². The zero-order chi connectivity index (χ0) is 14.7. The molecule has 1 saturated heterocycles. The number of nitrogens with one attached hydrogen (secondary N) is 1. The summed E-state index contributed by atoms with van der Waals surface area (Å²) in [4.78, 5) is 24.8.